The molecule has 1 aliphatic carbocycles. The van der Waals surface area contributed by atoms with Crippen LogP contribution in [-0.4, -0.2) is 47.7 Å². The lowest BCUT2D eigenvalue weighted by Gasteiger charge is -2.34. The molecule has 5 nitrogen and oxygen atoms in total. The number of hydrogen-bond donors (Lipinski definition) is 1. The van der Waals surface area contributed by atoms with Gasteiger partial charge in [-0.05, 0) is 37.2 Å². The molecule has 1 aliphatic heterocycles. The van der Waals surface area contributed by atoms with Gasteiger partial charge in [0.2, 0.25) is 5.91 Å². The van der Waals surface area contributed by atoms with Gasteiger partial charge in [0.1, 0.15) is 0 Å². The molecule has 1 saturated heterocycles. The quantitative estimate of drug-likeness (QED) is 0.922. The van der Waals surface area contributed by atoms with E-state index >= 15 is 0 Å². The lowest BCUT2D eigenvalue weighted by Crippen LogP contribution is -2.54. The Balaban J connectivity index is 1.59. The maximum atomic E-state index is 12.7. The summed E-state index contributed by atoms with van der Waals surface area (Å²) in [6.07, 6.45) is 3.75. The summed E-state index contributed by atoms with van der Waals surface area (Å²) in [7, 11) is 0. The number of morpholine rings is 1. The van der Waals surface area contributed by atoms with Gasteiger partial charge in [0.05, 0.1) is 13.2 Å². The first kappa shape index (κ1) is 16.0. The second kappa shape index (κ2) is 7.13. The fourth-order valence-corrected chi connectivity index (χ4v) is 3.74. The fraction of sp³-hybridized carbons (Fsp3) is 0.556. The Morgan fingerprint density at radius 3 is 2.74 bits per heavy atom. The number of carbonyl (C=O) groups excluding carboxylic acids is 1. The van der Waals surface area contributed by atoms with Crippen LogP contribution in [-0.2, 0) is 20.7 Å². The first-order valence-electron chi connectivity index (χ1n) is 8.30. The summed E-state index contributed by atoms with van der Waals surface area (Å²) in [6.45, 7) is 0.909. The van der Waals surface area contributed by atoms with Gasteiger partial charge in [0.15, 0.2) is 6.04 Å². The highest BCUT2D eigenvalue weighted by Gasteiger charge is 2.38. The van der Waals surface area contributed by atoms with Crippen molar-refractivity contribution in [3.8, 4) is 0 Å². The van der Waals surface area contributed by atoms with Crippen molar-refractivity contribution < 1.29 is 19.4 Å². The van der Waals surface area contributed by atoms with E-state index in [0.29, 0.717) is 19.1 Å². The molecule has 124 valence electrons. The van der Waals surface area contributed by atoms with Crippen LogP contribution in [0.4, 0.5) is 0 Å². The van der Waals surface area contributed by atoms with Crippen LogP contribution in [0.5, 0.6) is 0 Å². The molecule has 1 saturated carbocycles. The van der Waals surface area contributed by atoms with E-state index < -0.39 is 12.0 Å². The topological polar surface area (TPSA) is 66.8 Å². The van der Waals surface area contributed by atoms with Crippen molar-refractivity contribution in [2.75, 3.05) is 19.8 Å². The van der Waals surface area contributed by atoms with Crippen LogP contribution in [0, 0.1) is 11.8 Å². The van der Waals surface area contributed by atoms with Crippen molar-refractivity contribution >= 4 is 11.9 Å². The van der Waals surface area contributed by atoms with E-state index in [4.69, 9.17) is 4.74 Å². The van der Waals surface area contributed by atoms with E-state index in [9.17, 15) is 14.7 Å². The molecule has 1 heterocycles. The molecule has 23 heavy (non-hydrogen) atoms. The van der Waals surface area contributed by atoms with Crippen LogP contribution in [0.3, 0.4) is 0 Å². The molecule has 0 radical (unpaired) electrons. The third kappa shape index (κ3) is 3.72. The highest BCUT2D eigenvalue weighted by atomic mass is 16.5. The third-order valence-corrected chi connectivity index (χ3v) is 4.95. The number of hydrogen-bond acceptors (Lipinski definition) is 3. The van der Waals surface area contributed by atoms with Crippen LogP contribution in [0.1, 0.15) is 24.8 Å². The summed E-state index contributed by atoms with van der Waals surface area (Å²) in [4.78, 5) is 25.6. The molecule has 0 spiro atoms. The Kier molecular flexibility index (Phi) is 4.96. The molecule has 3 rings (SSSR count). The van der Waals surface area contributed by atoms with Crippen molar-refractivity contribution in [3.05, 3.63) is 35.9 Å². The zero-order valence-corrected chi connectivity index (χ0v) is 13.2. The van der Waals surface area contributed by atoms with Gasteiger partial charge in [-0.25, -0.2) is 4.79 Å². The van der Waals surface area contributed by atoms with E-state index in [0.717, 1.165) is 25.7 Å². The van der Waals surface area contributed by atoms with Crippen LogP contribution >= 0.6 is 0 Å². The maximum absolute atomic E-state index is 12.7. The average molecular weight is 317 g/mol. The van der Waals surface area contributed by atoms with Crippen molar-refractivity contribution in [3.63, 3.8) is 0 Å². The predicted octanol–water partition coefficient (Wildman–Crippen LogP) is 1.96. The van der Waals surface area contributed by atoms with Crippen molar-refractivity contribution in [2.24, 2.45) is 11.8 Å². The second-order valence-corrected chi connectivity index (χ2v) is 6.53. The number of carbonyl (C=O) groups is 2. The van der Waals surface area contributed by atoms with Gasteiger partial charge in [-0.2, -0.15) is 0 Å². The van der Waals surface area contributed by atoms with Crippen LogP contribution in [0.25, 0.3) is 0 Å². The number of carboxylic acid groups (broad SMARTS) is 1. The Hall–Kier alpha value is -1.88. The first-order chi connectivity index (χ1) is 11.1. The highest BCUT2D eigenvalue weighted by Crippen LogP contribution is 2.35. The summed E-state index contributed by atoms with van der Waals surface area (Å²) in [5.74, 6) is -0.507. The van der Waals surface area contributed by atoms with E-state index in [1.807, 2.05) is 18.2 Å². The Morgan fingerprint density at radius 1 is 1.22 bits per heavy atom. The van der Waals surface area contributed by atoms with Crippen LogP contribution in [0.15, 0.2) is 30.3 Å². The minimum atomic E-state index is -0.975. The zero-order chi connectivity index (χ0) is 16.2. The van der Waals surface area contributed by atoms with Crippen LogP contribution < -0.4 is 0 Å². The summed E-state index contributed by atoms with van der Waals surface area (Å²) in [5.41, 5.74) is 1.31. The van der Waals surface area contributed by atoms with Crippen molar-refractivity contribution in [2.45, 2.75) is 31.7 Å². The Labute approximate surface area is 136 Å². The van der Waals surface area contributed by atoms with Crippen LogP contribution in [0.2, 0.25) is 0 Å². The molecule has 1 amide bonds. The smallest absolute Gasteiger partial charge is 0.328 e. The molecule has 2 fully saturated rings. The van der Waals surface area contributed by atoms with Gasteiger partial charge in [-0.3, -0.25) is 4.79 Å². The molecular weight excluding hydrogens is 294 g/mol. The van der Waals surface area contributed by atoms with Gasteiger partial charge >= 0.3 is 5.97 Å². The third-order valence-electron chi connectivity index (χ3n) is 4.95. The standard InChI is InChI=1S/C18H23NO4/c20-17(19-8-9-23-12-16(19)18(21)22)15-7-6-14(11-15)10-13-4-2-1-3-5-13/h1-5,14-16H,6-12H2,(H,21,22)/t14-,15+,16-/m0/s1. The molecular formula is C18H23NO4. The number of carboxylic acids is 1. The number of rotatable bonds is 4. The summed E-state index contributed by atoms with van der Waals surface area (Å²) < 4.78 is 5.21. The van der Waals surface area contributed by atoms with Crippen molar-refractivity contribution in [1.82, 2.24) is 4.90 Å². The lowest BCUT2D eigenvalue weighted by atomic mass is 9.96. The summed E-state index contributed by atoms with van der Waals surface area (Å²) in [5, 5.41) is 9.27. The molecule has 5 heteroatoms. The minimum absolute atomic E-state index is 0.00346. The molecule has 1 aromatic carbocycles. The normalized spacial score (nSPS) is 27.8. The van der Waals surface area contributed by atoms with Gasteiger partial charge < -0.3 is 14.7 Å². The van der Waals surface area contributed by atoms with Gasteiger partial charge in [0.25, 0.3) is 0 Å². The summed E-state index contributed by atoms with van der Waals surface area (Å²) in [6, 6.07) is 9.50. The zero-order valence-electron chi connectivity index (χ0n) is 13.2. The van der Waals surface area contributed by atoms with Gasteiger partial charge in [-0.1, -0.05) is 30.3 Å². The number of amides is 1. The van der Waals surface area contributed by atoms with E-state index in [1.54, 1.807) is 0 Å². The Bertz CT molecular complexity index is 559. The van der Waals surface area contributed by atoms with Crippen molar-refractivity contribution in [1.29, 1.82) is 0 Å². The molecule has 1 aromatic rings. The number of nitrogens with zero attached hydrogens (tertiary/aromatic N) is 1. The van der Waals surface area contributed by atoms with E-state index in [-0.39, 0.29) is 18.4 Å². The van der Waals surface area contributed by atoms with Gasteiger partial charge in [-0.15, -0.1) is 0 Å². The molecule has 1 N–H and O–H groups in total. The first-order valence-corrected chi connectivity index (χ1v) is 8.30. The fourth-order valence-electron chi connectivity index (χ4n) is 3.74. The molecule has 0 aromatic heterocycles. The van der Waals surface area contributed by atoms with E-state index in [1.165, 1.54) is 10.5 Å². The number of benzene rings is 1. The molecule has 0 bridgehead atoms. The molecule has 3 atom stereocenters. The number of aliphatic carboxylic acids is 1. The minimum Gasteiger partial charge on any atom is -0.480 e. The molecule has 0 unspecified atom stereocenters. The predicted molar refractivity (Wildman–Crippen MR) is 84.9 cm³/mol. The SMILES string of the molecule is O=C(O)[C@@H]1COCCN1C(=O)[C@@H]1CC[C@@H](Cc2ccccc2)C1. The number of ether oxygens (including phenoxy) is 1. The largest absolute Gasteiger partial charge is 0.480 e. The maximum Gasteiger partial charge on any atom is 0.328 e. The Morgan fingerprint density at radius 2 is 2.00 bits per heavy atom. The average Bonchev–Trinajstić information content (AvgIpc) is 3.03. The lowest BCUT2D eigenvalue weighted by molar-refractivity contribution is -0.160. The monoisotopic (exact) mass is 317 g/mol. The van der Waals surface area contributed by atoms with E-state index in [2.05, 4.69) is 12.1 Å². The molecule has 2 aliphatic rings. The summed E-state index contributed by atoms with van der Waals surface area (Å²) >= 11 is 0. The van der Waals surface area contributed by atoms with Gasteiger partial charge in [0, 0.05) is 12.5 Å². The second-order valence-electron chi connectivity index (χ2n) is 6.53. The highest BCUT2D eigenvalue weighted by molar-refractivity contribution is 5.85.